The normalized spacial score (nSPS) is 25.4. The zero-order valence-electron chi connectivity index (χ0n) is 14.2. The number of amides is 1. The molecule has 1 heterocycles. The van der Waals surface area contributed by atoms with Gasteiger partial charge in [0, 0.05) is 19.5 Å². The summed E-state index contributed by atoms with van der Waals surface area (Å²) < 4.78 is 0. The van der Waals surface area contributed by atoms with Gasteiger partial charge in [-0.3, -0.25) is 9.59 Å². The average molecular weight is 329 g/mol. The summed E-state index contributed by atoms with van der Waals surface area (Å²) in [5.74, 6) is 0.372. The van der Waals surface area contributed by atoms with Crippen LogP contribution < -0.4 is 0 Å². The highest BCUT2D eigenvalue weighted by Crippen LogP contribution is 2.37. The molecular weight excluding hydrogens is 302 g/mol. The van der Waals surface area contributed by atoms with E-state index in [0.717, 1.165) is 12.8 Å². The van der Waals surface area contributed by atoms with E-state index in [9.17, 15) is 9.59 Å². The molecule has 4 heteroatoms. The zero-order valence-corrected chi connectivity index (χ0v) is 14.2. The molecule has 1 aromatic rings. The van der Waals surface area contributed by atoms with Gasteiger partial charge in [0.25, 0.3) is 0 Å². The van der Waals surface area contributed by atoms with E-state index in [-0.39, 0.29) is 11.8 Å². The Morgan fingerprint density at radius 1 is 0.958 bits per heavy atom. The summed E-state index contributed by atoms with van der Waals surface area (Å²) in [5, 5.41) is 9.04. The maximum absolute atomic E-state index is 12.5. The molecule has 2 aliphatic rings. The molecule has 1 aliphatic heterocycles. The lowest BCUT2D eigenvalue weighted by molar-refractivity contribution is -0.146. The summed E-state index contributed by atoms with van der Waals surface area (Å²) in [6.45, 7) is 1.21. The summed E-state index contributed by atoms with van der Waals surface area (Å²) in [6, 6.07) is 10.7. The fraction of sp³-hybridized carbons (Fsp3) is 0.600. The number of rotatable bonds is 4. The molecule has 0 unspecified atom stereocenters. The number of carbonyl (C=O) groups excluding carboxylic acids is 1. The lowest BCUT2D eigenvalue weighted by atomic mass is 9.77. The maximum Gasteiger partial charge on any atom is 0.306 e. The third kappa shape index (κ3) is 4.16. The van der Waals surface area contributed by atoms with Crippen LogP contribution in [0, 0.1) is 11.8 Å². The standard InChI is InChI=1S/C20H27NO3/c22-19(21-12-10-18(11-13-21)20(23)24)14-15-6-8-17(9-7-15)16-4-2-1-3-5-16/h1-5,15,17-18H,6-14H2,(H,23,24). The predicted molar refractivity (Wildman–Crippen MR) is 92.7 cm³/mol. The minimum Gasteiger partial charge on any atom is -0.481 e. The van der Waals surface area contributed by atoms with Crippen molar-refractivity contribution in [3.63, 3.8) is 0 Å². The molecular formula is C20H27NO3. The summed E-state index contributed by atoms with van der Waals surface area (Å²) in [6.07, 6.45) is 6.42. The summed E-state index contributed by atoms with van der Waals surface area (Å²) >= 11 is 0. The smallest absolute Gasteiger partial charge is 0.306 e. The number of nitrogens with zero attached hydrogens (tertiary/aromatic N) is 1. The van der Waals surface area contributed by atoms with E-state index in [2.05, 4.69) is 30.3 Å². The van der Waals surface area contributed by atoms with Gasteiger partial charge in [0.1, 0.15) is 0 Å². The lowest BCUT2D eigenvalue weighted by Crippen LogP contribution is -2.41. The Kier molecular flexibility index (Phi) is 5.54. The second kappa shape index (κ2) is 7.82. The molecule has 0 radical (unpaired) electrons. The van der Waals surface area contributed by atoms with Gasteiger partial charge in [0.15, 0.2) is 0 Å². The van der Waals surface area contributed by atoms with Gasteiger partial charge in [-0.2, -0.15) is 0 Å². The zero-order chi connectivity index (χ0) is 16.9. The number of aliphatic carboxylic acids is 1. The topological polar surface area (TPSA) is 57.6 Å². The van der Waals surface area contributed by atoms with Crippen LogP contribution in [0.3, 0.4) is 0 Å². The highest BCUT2D eigenvalue weighted by molar-refractivity contribution is 5.77. The molecule has 1 amide bonds. The Bertz CT molecular complexity index is 556. The molecule has 1 N–H and O–H groups in total. The van der Waals surface area contributed by atoms with Crippen LogP contribution in [0.2, 0.25) is 0 Å². The van der Waals surface area contributed by atoms with E-state index in [4.69, 9.17) is 5.11 Å². The minimum absolute atomic E-state index is 0.224. The van der Waals surface area contributed by atoms with Crippen molar-refractivity contribution in [2.75, 3.05) is 13.1 Å². The number of carboxylic acid groups (broad SMARTS) is 1. The molecule has 0 aromatic heterocycles. The SMILES string of the molecule is O=C(O)C1CCN(C(=O)CC2CCC(c3ccccc3)CC2)CC1. The van der Waals surface area contributed by atoms with Crippen molar-refractivity contribution in [2.24, 2.45) is 11.8 Å². The van der Waals surface area contributed by atoms with Crippen LogP contribution in [0.1, 0.15) is 56.4 Å². The number of carboxylic acids is 1. The second-order valence-corrected chi connectivity index (χ2v) is 7.33. The van der Waals surface area contributed by atoms with Crippen LogP contribution in [0.5, 0.6) is 0 Å². The summed E-state index contributed by atoms with van der Waals surface area (Å²) in [7, 11) is 0. The Morgan fingerprint density at radius 3 is 2.17 bits per heavy atom. The van der Waals surface area contributed by atoms with Crippen LogP contribution >= 0.6 is 0 Å². The van der Waals surface area contributed by atoms with E-state index in [1.807, 2.05) is 4.90 Å². The molecule has 1 aromatic carbocycles. The highest BCUT2D eigenvalue weighted by Gasteiger charge is 2.29. The van der Waals surface area contributed by atoms with Crippen molar-refractivity contribution in [2.45, 2.75) is 50.9 Å². The number of likely N-dealkylation sites (tertiary alicyclic amines) is 1. The molecule has 4 nitrogen and oxygen atoms in total. The molecule has 24 heavy (non-hydrogen) atoms. The van der Waals surface area contributed by atoms with E-state index in [1.54, 1.807) is 0 Å². The van der Waals surface area contributed by atoms with Crippen LogP contribution in [0.4, 0.5) is 0 Å². The molecule has 0 bridgehead atoms. The quantitative estimate of drug-likeness (QED) is 0.917. The van der Waals surface area contributed by atoms with Crippen molar-refractivity contribution in [3.8, 4) is 0 Å². The maximum atomic E-state index is 12.5. The van der Waals surface area contributed by atoms with Gasteiger partial charge in [-0.25, -0.2) is 0 Å². The molecule has 3 rings (SSSR count). The monoisotopic (exact) mass is 329 g/mol. The summed E-state index contributed by atoms with van der Waals surface area (Å²) in [5.41, 5.74) is 1.43. The second-order valence-electron chi connectivity index (χ2n) is 7.33. The first kappa shape index (κ1) is 17.0. The van der Waals surface area contributed by atoms with Crippen LogP contribution in [0.25, 0.3) is 0 Å². The third-order valence-electron chi connectivity index (χ3n) is 5.78. The number of hydrogen-bond donors (Lipinski definition) is 1. The van der Waals surface area contributed by atoms with Crippen LogP contribution in [-0.2, 0) is 9.59 Å². The van der Waals surface area contributed by atoms with Crippen molar-refractivity contribution >= 4 is 11.9 Å². The number of carbonyl (C=O) groups is 2. The van der Waals surface area contributed by atoms with Crippen LogP contribution in [-0.4, -0.2) is 35.0 Å². The number of hydrogen-bond acceptors (Lipinski definition) is 2. The first-order chi connectivity index (χ1) is 11.6. The molecule has 1 saturated heterocycles. The Morgan fingerprint density at radius 2 is 1.58 bits per heavy atom. The summed E-state index contributed by atoms with van der Waals surface area (Å²) in [4.78, 5) is 25.3. The largest absolute Gasteiger partial charge is 0.481 e. The fourth-order valence-corrected chi connectivity index (χ4v) is 4.18. The van der Waals surface area contributed by atoms with Gasteiger partial charge in [-0.05, 0) is 55.9 Å². The van der Waals surface area contributed by atoms with Crippen molar-refractivity contribution in [1.29, 1.82) is 0 Å². The van der Waals surface area contributed by atoms with E-state index in [0.29, 0.717) is 44.2 Å². The van der Waals surface area contributed by atoms with E-state index < -0.39 is 5.97 Å². The number of benzene rings is 1. The van der Waals surface area contributed by atoms with Gasteiger partial charge in [0.2, 0.25) is 5.91 Å². The van der Waals surface area contributed by atoms with Crippen molar-refractivity contribution < 1.29 is 14.7 Å². The number of piperidine rings is 1. The molecule has 1 aliphatic carbocycles. The fourth-order valence-electron chi connectivity index (χ4n) is 4.18. The first-order valence-electron chi connectivity index (χ1n) is 9.19. The predicted octanol–water partition coefficient (Wildman–Crippen LogP) is 3.67. The van der Waals surface area contributed by atoms with E-state index in [1.165, 1.54) is 18.4 Å². The van der Waals surface area contributed by atoms with E-state index >= 15 is 0 Å². The highest BCUT2D eigenvalue weighted by atomic mass is 16.4. The van der Waals surface area contributed by atoms with Gasteiger partial charge in [-0.15, -0.1) is 0 Å². The molecule has 130 valence electrons. The minimum atomic E-state index is -0.721. The lowest BCUT2D eigenvalue weighted by Gasteiger charge is -2.33. The van der Waals surface area contributed by atoms with Gasteiger partial charge >= 0.3 is 5.97 Å². The van der Waals surface area contributed by atoms with Gasteiger partial charge in [-0.1, -0.05) is 30.3 Å². The van der Waals surface area contributed by atoms with Crippen molar-refractivity contribution in [3.05, 3.63) is 35.9 Å². The molecule has 0 spiro atoms. The van der Waals surface area contributed by atoms with Crippen LogP contribution in [0.15, 0.2) is 30.3 Å². The average Bonchev–Trinajstić information content (AvgIpc) is 2.63. The Hall–Kier alpha value is -1.84. The van der Waals surface area contributed by atoms with Gasteiger partial charge in [0.05, 0.1) is 5.92 Å². The Labute approximate surface area is 143 Å². The molecule has 1 saturated carbocycles. The van der Waals surface area contributed by atoms with Crippen molar-refractivity contribution in [1.82, 2.24) is 4.90 Å². The molecule has 2 fully saturated rings. The molecule has 0 atom stereocenters. The van der Waals surface area contributed by atoms with Gasteiger partial charge < -0.3 is 10.0 Å². The Balaban J connectivity index is 1.43. The first-order valence-corrected chi connectivity index (χ1v) is 9.19. The third-order valence-corrected chi connectivity index (χ3v) is 5.78.